The molecule has 0 bridgehead atoms. The van der Waals surface area contributed by atoms with Crippen molar-refractivity contribution >= 4 is 10.8 Å². The van der Waals surface area contributed by atoms with E-state index in [1.54, 1.807) is 0 Å². The summed E-state index contributed by atoms with van der Waals surface area (Å²) in [5.41, 5.74) is 1.02. The third-order valence-corrected chi connectivity index (χ3v) is 2.85. The van der Waals surface area contributed by atoms with Gasteiger partial charge in [0.2, 0.25) is 0 Å². The molecule has 0 spiro atoms. The second-order valence-corrected chi connectivity index (χ2v) is 4.75. The standard InChI is InChI=1S/C15H18O/c1-11(2)9-15(16)14-8-7-12-5-3-4-6-13(12)10-14/h3-8,10-11,15-16H,9H2,1-2H3. The largest absolute Gasteiger partial charge is 0.388 e. The highest BCUT2D eigenvalue weighted by Gasteiger charge is 2.09. The van der Waals surface area contributed by atoms with E-state index in [2.05, 4.69) is 38.1 Å². The van der Waals surface area contributed by atoms with E-state index in [4.69, 9.17) is 0 Å². The van der Waals surface area contributed by atoms with Crippen LogP contribution < -0.4 is 0 Å². The minimum atomic E-state index is -0.343. The molecule has 0 saturated carbocycles. The lowest BCUT2D eigenvalue weighted by Crippen LogP contribution is -2.01. The first-order valence-corrected chi connectivity index (χ1v) is 5.83. The van der Waals surface area contributed by atoms with Gasteiger partial charge >= 0.3 is 0 Å². The van der Waals surface area contributed by atoms with Crippen LogP contribution in [0.1, 0.15) is 31.9 Å². The van der Waals surface area contributed by atoms with E-state index >= 15 is 0 Å². The van der Waals surface area contributed by atoms with Gasteiger partial charge in [-0.05, 0) is 34.7 Å². The number of hydrogen-bond acceptors (Lipinski definition) is 1. The average Bonchev–Trinajstić information content (AvgIpc) is 2.27. The summed E-state index contributed by atoms with van der Waals surface area (Å²) in [6, 6.07) is 14.4. The molecule has 1 unspecified atom stereocenters. The zero-order valence-corrected chi connectivity index (χ0v) is 9.85. The van der Waals surface area contributed by atoms with Gasteiger partial charge in [0.25, 0.3) is 0 Å². The Morgan fingerprint density at radius 1 is 1.00 bits per heavy atom. The summed E-state index contributed by atoms with van der Waals surface area (Å²) in [7, 11) is 0. The fraction of sp³-hybridized carbons (Fsp3) is 0.333. The third-order valence-electron chi connectivity index (χ3n) is 2.85. The summed E-state index contributed by atoms with van der Waals surface area (Å²) in [4.78, 5) is 0. The summed E-state index contributed by atoms with van der Waals surface area (Å²) in [6.07, 6.45) is 0.475. The monoisotopic (exact) mass is 214 g/mol. The first-order chi connectivity index (χ1) is 7.66. The summed E-state index contributed by atoms with van der Waals surface area (Å²) in [5, 5.41) is 12.5. The zero-order chi connectivity index (χ0) is 11.5. The highest BCUT2D eigenvalue weighted by atomic mass is 16.3. The number of aliphatic hydroxyl groups is 1. The molecule has 2 rings (SSSR count). The molecule has 0 amide bonds. The molecular formula is C15H18O. The molecule has 2 aromatic carbocycles. The highest BCUT2D eigenvalue weighted by molar-refractivity contribution is 5.83. The number of benzene rings is 2. The molecule has 0 aromatic heterocycles. The van der Waals surface area contributed by atoms with Crippen LogP contribution in [0.5, 0.6) is 0 Å². The lowest BCUT2D eigenvalue weighted by Gasteiger charge is -2.13. The predicted octanol–water partition coefficient (Wildman–Crippen LogP) is 3.92. The molecule has 1 N–H and O–H groups in total. The van der Waals surface area contributed by atoms with Crippen LogP contribution in [0.4, 0.5) is 0 Å². The van der Waals surface area contributed by atoms with E-state index in [9.17, 15) is 5.11 Å². The van der Waals surface area contributed by atoms with E-state index in [0.29, 0.717) is 5.92 Å². The minimum Gasteiger partial charge on any atom is -0.388 e. The van der Waals surface area contributed by atoms with Crippen molar-refractivity contribution in [2.75, 3.05) is 0 Å². The van der Waals surface area contributed by atoms with Crippen LogP contribution in [0.2, 0.25) is 0 Å². The van der Waals surface area contributed by atoms with Gasteiger partial charge in [-0.2, -0.15) is 0 Å². The molecule has 1 atom stereocenters. The topological polar surface area (TPSA) is 20.2 Å². The van der Waals surface area contributed by atoms with E-state index in [1.807, 2.05) is 18.2 Å². The lowest BCUT2D eigenvalue weighted by atomic mass is 9.97. The van der Waals surface area contributed by atoms with Crippen LogP contribution in [-0.2, 0) is 0 Å². The van der Waals surface area contributed by atoms with Crippen LogP contribution in [0.25, 0.3) is 10.8 Å². The molecule has 0 aliphatic heterocycles. The maximum absolute atomic E-state index is 10.1. The van der Waals surface area contributed by atoms with Gasteiger partial charge in [0.1, 0.15) is 0 Å². The first kappa shape index (κ1) is 11.2. The van der Waals surface area contributed by atoms with Crippen molar-refractivity contribution in [3.63, 3.8) is 0 Å². The van der Waals surface area contributed by atoms with Crippen molar-refractivity contribution in [1.29, 1.82) is 0 Å². The summed E-state index contributed by atoms with van der Waals surface area (Å²) < 4.78 is 0. The molecule has 84 valence electrons. The smallest absolute Gasteiger partial charge is 0.0792 e. The summed E-state index contributed by atoms with van der Waals surface area (Å²) >= 11 is 0. The van der Waals surface area contributed by atoms with Gasteiger partial charge in [-0.3, -0.25) is 0 Å². The van der Waals surface area contributed by atoms with Crippen LogP contribution in [0.3, 0.4) is 0 Å². The number of rotatable bonds is 3. The molecule has 0 aliphatic rings. The molecule has 1 nitrogen and oxygen atoms in total. The molecule has 0 fully saturated rings. The average molecular weight is 214 g/mol. The van der Waals surface area contributed by atoms with Crippen molar-refractivity contribution < 1.29 is 5.11 Å². The minimum absolute atomic E-state index is 0.343. The SMILES string of the molecule is CC(C)CC(O)c1ccc2ccccc2c1. The molecule has 0 radical (unpaired) electrons. The fourth-order valence-corrected chi connectivity index (χ4v) is 2.00. The summed E-state index contributed by atoms with van der Waals surface area (Å²) in [5.74, 6) is 0.515. The van der Waals surface area contributed by atoms with Crippen molar-refractivity contribution in [2.45, 2.75) is 26.4 Å². The van der Waals surface area contributed by atoms with Crippen LogP contribution in [0.15, 0.2) is 42.5 Å². The molecule has 2 aromatic rings. The van der Waals surface area contributed by atoms with Gasteiger partial charge in [-0.15, -0.1) is 0 Å². The van der Waals surface area contributed by atoms with Gasteiger partial charge in [-0.25, -0.2) is 0 Å². The third kappa shape index (κ3) is 2.42. The fourth-order valence-electron chi connectivity index (χ4n) is 2.00. The van der Waals surface area contributed by atoms with Crippen molar-refractivity contribution in [3.05, 3.63) is 48.0 Å². The van der Waals surface area contributed by atoms with Crippen molar-refractivity contribution in [3.8, 4) is 0 Å². The molecular weight excluding hydrogens is 196 g/mol. The molecule has 0 heterocycles. The molecule has 1 heteroatoms. The van der Waals surface area contributed by atoms with E-state index < -0.39 is 0 Å². The van der Waals surface area contributed by atoms with Crippen LogP contribution >= 0.6 is 0 Å². The lowest BCUT2D eigenvalue weighted by molar-refractivity contribution is 0.151. The Labute approximate surface area is 96.7 Å². The van der Waals surface area contributed by atoms with Crippen molar-refractivity contribution in [2.24, 2.45) is 5.92 Å². The maximum Gasteiger partial charge on any atom is 0.0792 e. The van der Waals surface area contributed by atoms with Gasteiger partial charge in [0.15, 0.2) is 0 Å². The molecule has 0 saturated heterocycles. The Morgan fingerprint density at radius 3 is 2.38 bits per heavy atom. The van der Waals surface area contributed by atoms with Crippen molar-refractivity contribution in [1.82, 2.24) is 0 Å². The van der Waals surface area contributed by atoms with Gasteiger partial charge < -0.3 is 5.11 Å². The second kappa shape index (κ2) is 4.67. The number of aliphatic hydroxyl groups excluding tert-OH is 1. The normalized spacial score (nSPS) is 13.2. The number of hydrogen-bond donors (Lipinski definition) is 1. The maximum atomic E-state index is 10.1. The Hall–Kier alpha value is -1.34. The predicted molar refractivity (Wildman–Crippen MR) is 68.4 cm³/mol. The van der Waals surface area contributed by atoms with Crippen LogP contribution in [-0.4, -0.2) is 5.11 Å². The van der Waals surface area contributed by atoms with E-state index in [-0.39, 0.29) is 6.10 Å². The Bertz CT molecular complexity index is 474. The number of fused-ring (bicyclic) bond motifs is 1. The first-order valence-electron chi connectivity index (χ1n) is 5.83. The molecule has 0 aliphatic carbocycles. The van der Waals surface area contributed by atoms with Gasteiger partial charge in [-0.1, -0.05) is 50.2 Å². The Kier molecular flexibility index (Phi) is 3.25. The second-order valence-electron chi connectivity index (χ2n) is 4.75. The zero-order valence-electron chi connectivity index (χ0n) is 9.85. The van der Waals surface area contributed by atoms with Crippen LogP contribution in [0, 0.1) is 5.92 Å². The quantitative estimate of drug-likeness (QED) is 0.821. The highest BCUT2D eigenvalue weighted by Crippen LogP contribution is 2.24. The Morgan fingerprint density at radius 2 is 1.69 bits per heavy atom. The Balaban J connectivity index is 2.32. The van der Waals surface area contributed by atoms with E-state index in [0.717, 1.165) is 12.0 Å². The molecule has 16 heavy (non-hydrogen) atoms. The van der Waals surface area contributed by atoms with Gasteiger partial charge in [0.05, 0.1) is 6.10 Å². The van der Waals surface area contributed by atoms with Gasteiger partial charge in [0, 0.05) is 0 Å². The van der Waals surface area contributed by atoms with E-state index in [1.165, 1.54) is 10.8 Å². The summed E-state index contributed by atoms with van der Waals surface area (Å²) in [6.45, 7) is 4.26.